The molecule has 0 saturated carbocycles. The fraction of sp³-hybridized carbons (Fsp3) is 0. The molecule has 0 saturated heterocycles. The second-order valence-electron chi connectivity index (χ2n) is 0.427. The van der Waals surface area contributed by atoms with E-state index in [4.69, 9.17) is 5.53 Å². The molecule has 2 nitrogen and oxygen atoms in total. The van der Waals surface area contributed by atoms with Gasteiger partial charge in [-0.25, -0.2) is 5.53 Å². The van der Waals surface area contributed by atoms with E-state index >= 15 is 0 Å². The van der Waals surface area contributed by atoms with Gasteiger partial charge >= 0.3 is 0 Å². The lowest BCUT2D eigenvalue weighted by Gasteiger charge is -1.55. The van der Waals surface area contributed by atoms with Gasteiger partial charge in [0, 0.05) is 0 Å². The van der Waals surface area contributed by atoms with E-state index in [1.165, 1.54) is 11.6 Å². The SMILES string of the molecule is N=N/C=C\S. The molecular weight excluding hydrogens is 84.1 g/mol. The van der Waals surface area contributed by atoms with E-state index in [2.05, 4.69) is 17.7 Å². The molecule has 0 rings (SSSR count). The Bertz CT molecular complexity index is 49.6. The maximum Gasteiger partial charge on any atom is 0.0549 e. The van der Waals surface area contributed by atoms with E-state index in [-0.39, 0.29) is 0 Å². The first-order valence-electron chi connectivity index (χ1n) is 1.07. The minimum absolute atomic E-state index is 1.28. The van der Waals surface area contributed by atoms with Crippen molar-refractivity contribution in [3.05, 3.63) is 11.6 Å². The lowest BCUT2D eigenvalue weighted by molar-refractivity contribution is 1.15. The molecule has 0 aromatic heterocycles. The summed E-state index contributed by atoms with van der Waals surface area (Å²) in [6.07, 6.45) is 1.28. The molecule has 0 heterocycles. The molecule has 0 bridgehead atoms. The smallest absolute Gasteiger partial charge is 0.0549 e. The molecule has 5 heavy (non-hydrogen) atoms. The monoisotopic (exact) mass is 88.0 g/mol. The lowest BCUT2D eigenvalue weighted by atomic mass is 11.1. The van der Waals surface area contributed by atoms with Crippen LogP contribution in [-0.4, -0.2) is 0 Å². The van der Waals surface area contributed by atoms with Gasteiger partial charge in [0.25, 0.3) is 0 Å². The van der Waals surface area contributed by atoms with Crippen molar-refractivity contribution in [1.82, 2.24) is 0 Å². The third-order valence-electron chi connectivity index (χ3n) is 0.141. The summed E-state index contributed by atoms with van der Waals surface area (Å²) in [5, 5.41) is 4.24. The van der Waals surface area contributed by atoms with Crippen LogP contribution in [0.15, 0.2) is 16.7 Å². The minimum Gasteiger partial charge on any atom is -0.205 e. The quantitative estimate of drug-likeness (QED) is 0.359. The molecule has 0 aromatic rings. The molecule has 0 spiro atoms. The third-order valence-corrected chi connectivity index (χ3v) is 0.275. The second kappa shape index (κ2) is 3.69. The number of nitrogens with zero attached hydrogens (tertiary/aromatic N) is 1. The zero-order chi connectivity index (χ0) is 4.12. The van der Waals surface area contributed by atoms with Gasteiger partial charge in [-0.15, -0.1) is 12.6 Å². The van der Waals surface area contributed by atoms with Crippen LogP contribution in [0.25, 0.3) is 0 Å². The summed E-state index contributed by atoms with van der Waals surface area (Å²) < 4.78 is 0. The maximum atomic E-state index is 6.09. The standard InChI is InChI=1S/C2H4N2S/c3-4-1-2-5/h1-3,5H/b2-1-,4-3?. The molecule has 0 aliphatic carbocycles. The van der Waals surface area contributed by atoms with E-state index in [0.29, 0.717) is 0 Å². The van der Waals surface area contributed by atoms with Crippen molar-refractivity contribution >= 4 is 12.6 Å². The van der Waals surface area contributed by atoms with E-state index < -0.39 is 0 Å². The fourth-order valence-electron chi connectivity index (χ4n) is 0.0333. The van der Waals surface area contributed by atoms with Gasteiger partial charge in [-0.3, -0.25) is 0 Å². The van der Waals surface area contributed by atoms with Gasteiger partial charge in [0.05, 0.1) is 6.20 Å². The van der Waals surface area contributed by atoms with Crippen LogP contribution in [0.5, 0.6) is 0 Å². The van der Waals surface area contributed by atoms with Gasteiger partial charge in [0.15, 0.2) is 0 Å². The van der Waals surface area contributed by atoms with Crippen LogP contribution in [0.4, 0.5) is 0 Å². The predicted octanol–water partition coefficient (Wildman–Crippen LogP) is 1.42. The van der Waals surface area contributed by atoms with Crippen molar-refractivity contribution in [2.45, 2.75) is 0 Å². The number of hydrogen-bond acceptors (Lipinski definition) is 3. The molecule has 0 unspecified atom stereocenters. The van der Waals surface area contributed by atoms with Crippen LogP contribution in [0.2, 0.25) is 0 Å². The molecule has 0 amide bonds. The zero-order valence-electron chi connectivity index (χ0n) is 2.55. The number of hydrogen-bond donors (Lipinski definition) is 2. The summed E-state index contributed by atoms with van der Waals surface area (Å²) in [5.74, 6) is 0. The van der Waals surface area contributed by atoms with Crippen molar-refractivity contribution in [1.29, 1.82) is 5.53 Å². The molecule has 0 atom stereocenters. The fourth-order valence-corrected chi connectivity index (χ4v) is 0.100. The summed E-state index contributed by atoms with van der Waals surface area (Å²) in [5.41, 5.74) is 6.09. The van der Waals surface area contributed by atoms with Gasteiger partial charge in [-0.2, -0.15) is 5.11 Å². The lowest BCUT2D eigenvalue weighted by Crippen LogP contribution is -1.29. The molecule has 0 aliphatic heterocycles. The molecule has 0 aromatic carbocycles. The molecule has 0 fully saturated rings. The highest BCUT2D eigenvalue weighted by Crippen LogP contribution is 1.73. The van der Waals surface area contributed by atoms with Crippen molar-refractivity contribution < 1.29 is 0 Å². The molecule has 1 N–H and O–H groups in total. The highest BCUT2D eigenvalue weighted by molar-refractivity contribution is 7.83. The van der Waals surface area contributed by atoms with E-state index in [9.17, 15) is 0 Å². The number of nitrogens with one attached hydrogen (secondary N) is 1. The van der Waals surface area contributed by atoms with Crippen molar-refractivity contribution in [2.24, 2.45) is 5.11 Å². The molecule has 0 aliphatic rings. The van der Waals surface area contributed by atoms with Gasteiger partial charge in [-0.05, 0) is 5.41 Å². The first-order chi connectivity index (χ1) is 2.41. The van der Waals surface area contributed by atoms with Crippen molar-refractivity contribution in [2.75, 3.05) is 0 Å². The molecular formula is C2H4N2S. The van der Waals surface area contributed by atoms with Gasteiger partial charge in [0.2, 0.25) is 0 Å². The molecule has 0 radical (unpaired) electrons. The Hall–Kier alpha value is -0.310. The van der Waals surface area contributed by atoms with Crippen molar-refractivity contribution in [3.63, 3.8) is 0 Å². The Kier molecular flexibility index (Phi) is 3.46. The Morgan fingerprint density at radius 1 is 1.80 bits per heavy atom. The van der Waals surface area contributed by atoms with Crippen LogP contribution in [0.1, 0.15) is 0 Å². The summed E-state index contributed by atoms with van der Waals surface area (Å²) in [4.78, 5) is 0. The van der Waals surface area contributed by atoms with E-state index in [1.807, 2.05) is 0 Å². The Morgan fingerprint density at radius 3 is 2.40 bits per heavy atom. The van der Waals surface area contributed by atoms with Crippen molar-refractivity contribution in [3.8, 4) is 0 Å². The topological polar surface area (TPSA) is 36.2 Å². The first-order valence-corrected chi connectivity index (χ1v) is 1.59. The van der Waals surface area contributed by atoms with E-state index in [0.717, 1.165) is 0 Å². The average molecular weight is 88.1 g/mol. The summed E-state index contributed by atoms with van der Waals surface area (Å²) in [7, 11) is 0. The van der Waals surface area contributed by atoms with Crippen LogP contribution >= 0.6 is 12.6 Å². The maximum absolute atomic E-state index is 6.09. The number of rotatable bonds is 1. The number of thiol groups is 1. The molecule has 3 heteroatoms. The van der Waals surface area contributed by atoms with E-state index in [1.54, 1.807) is 0 Å². The van der Waals surface area contributed by atoms with Crippen LogP contribution < -0.4 is 0 Å². The van der Waals surface area contributed by atoms with Crippen LogP contribution in [0, 0.1) is 5.53 Å². The van der Waals surface area contributed by atoms with Gasteiger partial charge < -0.3 is 0 Å². The first kappa shape index (κ1) is 4.69. The average Bonchev–Trinajstić information content (AvgIpc) is 1.41. The summed E-state index contributed by atoms with van der Waals surface area (Å²) in [6, 6.07) is 0. The Morgan fingerprint density at radius 2 is 2.40 bits per heavy atom. The summed E-state index contributed by atoms with van der Waals surface area (Å²) in [6.45, 7) is 0. The predicted molar refractivity (Wildman–Crippen MR) is 23.3 cm³/mol. The Balaban J connectivity index is 2.92. The normalized spacial score (nSPS) is 9.00. The zero-order valence-corrected chi connectivity index (χ0v) is 3.44. The highest BCUT2D eigenvalue weighted by atomic mass is 32.1. The minimum atomic E-state index is 1.28. The Labute approximate surface area is 35.8 Å². The van der Waals surface area contributed by atoms with Gasteiger partial charge in [0.1, 0.15) is 0 Å². The summed E-state index contributed by atoms with van der Waals surface area (Å²) >= 11 is 3.61. The van der Waals surface area contributed by atoms with Crippen LogP contribution in [0.3, 0.4) is 0 Å². The third kappa shape index (κ3) is 3.69. The van der Waals surface area contributed by atoms with Crippen LogP contribution in [-0.2, 0) is 0 Å². The molecule has 28 valence electrons. The second-order valence-corrected chi connectivity index (χ2v) is 0.725. The largest absolute Gasteiger partial charge is 0.205 e. The van der Waals surface area contributed by atoms with Gasteiger partial charge in [-0.1, -0.05) is 0 Å². The highest BCUT2D eigenvalue weighted by Gasteiger charge is 1.44.